The maximum absolute atomic E-state index is 7.39. The molecule has 2 heteroatoms. The van der Waals surface area contributed by atoms with Crippen molar-refractivity contribution in [2.75, 3.05) is 0 Å². The van der Waals surface area contributed by atoms with Gasteiger partial charge in [-0.3, -0.25) is 0 Å². The molecular weight excluding hydrogens is 383 g/mol. The van der Waals surface area contributed by atoms with E-state index in [9.17, 15) is 0 Å². The largest absolute Gasteiger partial charge is 0.121 e. The number of halogens is 2. The maximum atomic E-state index is 7.39. The fourth-order valence-electron chi connectivity index (χ4n) is 4.15. The molecule has 2 atom stereocenters. The highest BCUT2D eigenvalue weighted by atomic mass is 35.5. The van der Waals surface area contributed by atoms with Crippen molar-refractivity contribution >= 4 is 23.2 Å². The fourth-order valence-corrected chi connectivity index (χ4v) is 4.89. The summed E-state index contributed by atoms with van der Waals surface area (Å²) in [5.41, 5.74) is 4.37. The van der Waals surface area contributed by atoms with Crippen LogP contribution in [0, 0.1) is 0 Å². The summed E-state index contributed by atoms with van der Waals surface area (Å²) >= 11 is 14.0. The smallest absolute Gasteiger partial charge is 0.103 e. The lowest BCUT2D eigenvalue weighted by Gasteiger charge is -2.30. The van der Waals surface area contributed by atoms with Gasteiger partial charge in [0, 0.05) is 10.6 Å². The number of hydrogen-bond donors (Lipinski definition) is 0. The molecule has 142 valence electrons. The predicted molar refractivity (Wildman–Crippen MR) is 120 cm³/mol. The molecule has 0 heterocycles. The van der Waals surface area contributed by atoms with Crippen LogP contribution < -0.4 is 0 Å². The van der Waals surface area contributed by atoms with Crippen molar-refractivity contribution in [2.24, 2.45) is 0 Å². The third kappa shape index (κ3) is 3.77. The van der Waals surface area contributed by atoms with Gasteiger partial charge in [0.05, 0.1) is 0 Å². The Hall–Kier alpha value is -2.02. The van der Waals surface area contributed by atoms with E-state index in [1.807, 2.05) is 42.5 Å². The summed E-state index contributed by atoms with van der Waals surface area (Å²) in [7, 11) is 0. The van der Waals surface area contributed by atoms with E-state index in [1.54, 1.807) is 0 Å². The van der Waals surface area contributed by atoms with Gasteiger partial charge in [-0.15, -0.1) is 11.6 Å². The van der Waals surface area contributed by atoms with E-state index in [-0.39, 0.29) is 0 Å². The van der Waals surface area contributed by atoms with Gasteiger partial charge in [0.25, 0.3) is 0 Å². The van der Waals surface area contributed by atoms with Crippen LogP contribution in [0.2, 0.25) is 5.02 Å². The van der Waals surface area contributed by atoms with E-state index in [4.69, 9.17) is 23.2 Å². The second kappa shape index (κ2) is 8.55. The van der Waals surface area contributed by atoms with Gasteiger partial charge in [-0.2, -0.15) is 0 Å². The molecule has 28 heavy (non-hydrogen) atoms. The van der Waals surface area contributed by atoms with Crippen molar-refractivity contribution in [2.45, 2.75) is 36.5 Å². The van der Waals surface area contributed by atoms with E-state index in [0.717, 1.165) is 23.1 Å². The Kier molecular flexibility index (Phi) is 5.90. The maximum Gasteiger partial charge on any atom is 0.121 e. The Morgan fingerprint density at radius 3 is 2.18 bits per heavy atom. The molecule has 2 unspecified atom stereocenters. The summed E-state index contributed by atoms with van der Waals surface area (Å²) < 4.78 is 0. The molecule has 1 aliphatic carbocycles. The first-order valence-corrected chi connectivity index (χ1v) is 10.7. The molecule has 3 aromatic carbocycles. The number of alkyl halides is 1. The number of benzene rings is 3. The van der Waals surface area contributed by atoms with Crippen LogP contribution in [0.15, 0.2) is 91.0 Å². The molecule has 0 spiro atoms. The molecule has 0 aliphatic heterocycles. The standard InChI is InChI=1S/C26H24Cl2/c27-25-15-9-8-14-24(25)26(28,22-12-6-3-7-13-22)23-18-16-21(17-19-23)20-10-4-1-2-5-11-20/h1,3-4,6-9,12-20H,2,5,10-11H2. The molecule has 0 aromatic heterocycles. The molecule has 0 amide bonds. The Morgan fingerprint density at radius 1 is 0.750 bits per heavy atom. The van der Waals surface area contributed by atoms with Gasteiger partial charge in [0.1, 0.15) is 4.87 Å². The minimum Gasteiger partial charge on any atom is -0.103 e. The second-order valence-corrected chi connectivity index (χ2v) is 8.44. The van der Waals surface area contributed by atoms with E-state index in [2.05, 4.69) is 48.6 Å². The molecule has 1 aliphatic rings. The molecule has 0 saturated carbocycles. The quantitative estimate of drug-likeness (QED) is 0.233. The molecular formula is C26H24Cl2. The van der Waals surface area contributed by atoms with Gasteiger partial charge in [-0.25, -0.2) is 0 Å². The van der Waals surface area contributed by atoms with Crippen LogP contribution in [-0.4, -0.2) is 0 Å². The van der Waals surface area contributed by atoms with Crippen molar-refractivity contribution in [3.63, 3.8) is 0 Å². The number of allylic oxidation sites excluding steroid dienone is 2. The van der Waals surface area contributed by atoms with Crippen LogP contribution in [0.25, 0.3) is 0 Å². The van der Waals surface area contributed by atoms with Gasteiger partial charge >= 0.3 is 0 Å². The minimum atomic E-state index is -0.818. The molecule has 0 N–H and O–H groups in total. The van der Waals surface area contributed by atoms with E-state index < -0.39 is 4.87 Å². The molecule has 0 nitrogen and oxygen atoms in total. The number of hydrogen-bond acceptors (Lipinski definition) is 0. The highest BCUT2D eigenvalue weighted by Crippen LogP contribution is 2.46. The monoisotopic (exact) mass is 406 g/mol. The van der Waals surface area contributed by atoms with Crippen molar-refractivity contribution in [1.82, 2.24) is 0 Å². The first-order chi connectivity index (χ1) is 13.7. The lowest BCUT2D eigenvalue weighted by Crippen LogP contribution is -2.23. The zero-order valence-corrected chi connectivity index (χ0v) is 17.3. The van der Waals surface area contributed by atoms with E-state index in [0.29, 0.717) is 10.9 Å². The Balaban J connectivity index is 1.77. The molecule has 4 rings (SSSR count). The van der Waals surface area contributed by atoms with E-state index >= 15 is 0 Å². The van der Waals surface area contributed by atoms with Gasteiger partial charge in [-0.05, 0) is 54.4 Å². The van der Waals surface area contributed by atoms with E-state index in [1.165, 1.54) is 24.8 Å². The van der Waals surface area contributed by atoms with Crippen molar-refractivity contribution in [3.8, 4) is 0 Å². The zero-order chi connectivity index (χ0) is 19.4. The molecule has 0 radical (unpaired) electrons. The topological polar surface area (TPSA) is 0 Å². The van der Waals surface area contributed by atoms with Gasteiger partial charge in [-0.1, -0.05) is 96.5 Å². The Morgan fingerprint density at radius 2 is 1.43 bits per heavy atom. The van der Waals surface area contributed by atoms with Gasteiger partial charge in [0.2, 0.25) is 0 Å². The first-order valence-electron chi connectivity index (χ1n) is 9.94. The highest BCUT2D eigenvalue weighted by molar-refractivity contribution is 6.34. The van der Waals surface area contributed by atoms with Crippen LogP contribution in [0.3, 0.4) is 0 Å². The van der Waals surface area contributed by atoms with Crippen LogP contribution in [0.5, 0.6) is 0 Å². The highest BCUT2D eigenvalue weighted by Gasteiger charge is 2.35. The summed E-state index contributed by atoms with van der Waals surface area (Å²) in [6, 6.07) is 26.9. The summed E-state index contributed by atoms with van der Waals surface area (Å²) in [6.07, 6.45) is 9.44. The predicted octanol–water partition coefficient (Wildman–Crippen LogP) is 8.08. The normalized spacial score (nSPS) is 19.0. The third-order valence-corrected chi connectivity index (χ3v) is 6.68. The van der Waals surface area contributed by atoms with Crippen molar-refractivity contribution in [1.29, 1.82) is 0 Å². The van der Waals surface area contributed by atoms with Crippen LogP contribution in [0.1, 0.15) is 53.9 Å². The average Bonchev–Trinajstić information content (AvgIpc) is 3.04. The SMILES string of the molecule is Clc1ccccc1C(Cl)(c1ccccc1)c1ccc(C2CC=CCCC2)cc1. The summed E-state index contributed by atoms with van der Waals surface area (Å²) in [6.45, 7) is 0. The number of rotatable bonds is 4. The molecule has 0 fully saturated rings. The lowest BCUT2D eigenvalue weighted by molar-refractivity contribution is 0.618. The van der Waals surface area contributed by atoms with Crippen molar-refractivity contribution < 1.29 is 0 Å². The molecule has 0 saturated heterocycles. The minimum absolute atomic E-state index is 0.592. The van der Waals surface area contributed by atoms with Crippen LogP contribution in [0.4, 0.5) is 0 Å². The Bertz CT molecular complexity index is 944. The summed E-state index contributed by atoms with van der Waals surface area (Å²) in [5, 5.41) is 0.680. The lowest BCUT2D eigenvalue weighted by atomic mass is 9.82. The van der Waals surface area contributed by atoms with Crippen LogP contribution >= 0.6 is 23.2 Å². The fraction of sp³-hybridized carbons (Fsp3) is 0.231. The molecule has 3 aromatic rings. The average molecular weight is 407 g/mol. The van der Waals surface area contributed by atoms with Gasteiger partial charge in [0.15, 0.2) is 0 Å². The van der Waals surface area contributed by atoms with Crippen molar-refractivity contribution in [3.05, 3.63) is 118 Å². The third-order valence-electron chi connectivity index (χ3n) is 5.71. The summed E-state index contributed by atoms with van der Waals surface area (Å²) in [5.74, 6) is 0.592. The zero-order valence-electron chi connectivity index (χ0n) is 15.8. The van der Waals surface area contributed by atoms with Gasteiger partial charge < -0.3 is 0 Å². The molecule has 0 bridgehead atoms. The summed E-state index contributed by atoms with van der Waals surface area (Å²) in [4.78, 5) is -0.818. The van der Waals surface area contributed by atoms with Crippen LogP contribution in [-0.2, 0) is 4.87 Å². The first kappa shape index (κ1) is 19.3. The second-order valence-electron chi connectivity index (χ2n) is 7.46. The Labute approximate surface area is 177 Å².